The first kappa shape index (κ1) is 13.0. The normalized spacial score (nSPS) is 22.0. The van der Waals surface area contributed by atoms with E-state index >= 15 is 0 Å². The molecule has 1 aromatic carbocycles. The highest BCUT2D eigenvalue weighted by Gasteiger charge is 2.38. The van der Waals surface area contributed by atoms with E-state index in [1.54, 1.807) is 0 Å². The first-order valence-corrected chi connectivity index (χ1v) is 6.17. The second kappa shape index (κ2) is 4.22. The number of hydrogen-bond donors (Lipinski definition) is 1. The number of nitrogens with zero attached hydrogens (tertiary/aromatic N) is 2. The minimum atomic E-state index is -4.42. The minimum absolute atomic E-state index is 0.0288. The van der Waals surface area contributed by atoms with Crippen LogP contribution in [0.15, 0.2) is 22.7 Å². The van der Waals surface area contributed by atoms with E-state index in [-0.39, 0.29) is 17.5 Å². The molecule has 1 aromatic heterocycles. The van der Waals surface area contributed by atoms with Crippen molar-refractivity contribution in [2.45, 2.75) is 25.4 Å². The molecule has 106 valence electrons. The second-order valence-electron chi connectivity index (χ2n) is 5.08. The lowest BCUT2D eigenvalue weighted by Crippen LogP contribution is -2.06. The molecule has 2 aromatic rings. The summed E-state index contributed by atoms with van der Waals surface area (Å²) in [4.78, 5) is 4.21. The molecular weight excluding hydrogens is 271 g/mol. The van der Waals surface area contributed by atoms with Gasteiger partial charge in [-0.1, -0.05) is 12.1 Å². The highest BCUT2D eigenvalue weighted by atomic mass is 19.4. The summed E-state index contributed by atoms with van der Waals surface area (Å²) in [6.07, 6.45) is -3.42. The Balaban J connectivity index is 1.92. The van der Waals surface area contributed by atoms with Crippen LogP contribution in [0.5, 0.6) is 0 Å². The smallest absolute Gasteiger partial charge is 0.398 e. The standard InChI is InChI=1S/C13H12F3N3O/c1-6-4-9(6)11-18-12(20-19-11)8-3-2-7(5-10(8)17)13(14,15)16/h2-3,5-6,9H,4,17H2,1H3. The van der Waals surface area contributed by atoms with E-state index in [2.05, 4.69) is 17.1 Å². The summed E-state index contributed by atoms with van der Waals surface area (Å²) in [6, 6.07) is 3.08. The Morgan fingerprint density at radius 1 is 1.35 bits per heavy atom. The summed E-state index contributed by atoms with van der Waals surface area (Å²) in [5.74, 6) is 1.55. The third kappa shape index (κ3) is 2.23. The number of halogens is 3. The molecular formula is C13H12F3N3O. The van der Waals surface area contributed by atoms with Gasteiger partial charge in [0.05, 0.1) is 11.1 Å². The molecule has 0 amide bonds. The van der Waals surface area contributed by atoms with Gasteiger partial charge in [-0.25, -0.2) is 0 Å². The van der Waals surface area contributed by atoms with Gasteiger partial charge in [0.25, 0.3) is 5.89 Å². The Labute approximate surface area is 112 Å². The fourth-order valence-corrected chi connectivity index (χ4v) is 2.11. The average Bonchev–Trinajstić information content (AvgIpc) is 2.89. The Bertz CT molecular complexity index is 651. The molecule has 1 aliphatic carbocycles. The van der Waals surface area contributed by atoms with Crippen LogP contribution in [0.25, 0.3) is 11.5 Å². The number of rotatable bonds is 2. The lowest BCUT2D eigenvalue weighted by atomic mass is 10.1. The van der Waals surface area contributed by atoms with Crippen molar-refractivity contribution >= 4 is 5.69 Å². The maximum atomic E-state index is 12.6. The van der Waals surface area contributed by atoms with Crippen LogP contribution in [0.4, 0.5) is 18.9 Å². The highest BCUT2D eigenvalue weighted by Crippen LogP contribution is 2.46. The van der Waals surface area contributed by atoms with Gasteiger partial charge in [0.1, 0.15) is 0 Å². The lowest BCUT2D eigenvalue weighted by molar-refractivity contribution is -0.137. The van der Waals surface area contributed by atoms with Gasteiger partial charge in [0.2, 0.25) is 0 Å². The second-order valence-corrected chi connectivity index (χ2v) is 5.08. The van der Waals surface area contributed by atoms with Crippen LogP contribution in [-0.4, -0.2) is 10.1 Å². The molecule has 1 saturated carbocycles. The quantitative estimate of drug-likeness (QED) is 0.857. The van der Waals surface area contributed by atoms with Gasteiger partial charge in [-0.2, -0.15) is 18.2 Å². The first-order chi connectivity index (χ1) is 9.36. The van der Waals surface area contributed by atoms with Gasteiger partial charge < -0.3 is 10.3 Å². The third-order valence-electron chi connectivity index (χ3n) is 3.49. The number of nitrogen functional groups attached to an aromatic ring is 1. The number of hydrogen-bond acceptors (Lipinski definition) is 4. The zero-order valence-corrected chi connectivity index (χ0v) is 10.6. The van der Waals surface area contributed by atoms with E-state index in [0.29, 0.717) is 17.3 Å². The van der Waals surface area contributed by atoms with Crippen LogP contribution < -0.4 is 5.73 Å². The molecule has 1 heterocycles. The molecule has 0 aliphatic heterocycles. The molecule has 1 fully saturated rings. The third-order valence-corrected chi connectivity index (χ3v) is 3.49. The summed E-state index contributed by atoms with van der Waals surface area (Å²) in [5, 5.41) is 3.85. The molecule has 20 heavy (non-hydrogen) atoms. The number of nitrogens with two attached hydrogens (primary N) is 1. The van der Waals surface area contributed by atoms with Crippen molar-refractivity contribution in [1.29, 1.82) is 0 Å². The summed E-state index contributed by atoms with van der Waals surface area (Å²) in [5.41, 5.74) is 5.15. The summed E-state index contributed by atoms with van der Waals surface area (Å²) < 4.78 is 42.8. The van der Waals surface area contributed by atoms with Crippen molar-refractivity contribution in [3.8, 4) is 11.5 Å². The van der Waals surface area contributed by atoms with E-state index in [1.165, 1.54) is 6.07 Å². The zero-order valence-electron chi connectivity index (χ0n) is 10.6. The lowest BCUT2D eigenvalue weighted by Gasteiger charge is -2.08. The van der Waals surface area contributed by atoms with Crippen LogP contribution in [0.2, 0.25) is 0 Å². The van der Waals surface area contributed by atoms with Gasteiger partial charge in [-0.05, 0) is 30.5 Å². The molecule has 1 aliphatic rings. The van der Waals surface area contributed by atoms with Crippen LogP contribution in [0.3, 0.4) is 0 Å². The Morgan fingerprint density at radius 3 is 2.60 bits per heavy atom. The summed E-state index contributed by atoms with van der Waals surface area (Å²) in [7, 11) is 0. The van der Waals surface area contributed by atoms with Gasteiger partial charge in [-0.3, -0.25) is 0 Å². The largest absolute Gasteiger partial charge is 0.416 e. The predicted molar refractivity (Wildman–Crippen MR) is 65.7 cm³/mol. The van der Waals surface area contributed by atoms with E-state index in [0.717, 1.165) is 18.6 Å². The molecule has 0 spiro atoms. The van der Waals surface area contributed by atoms with Crippen molar-refractivity contribution in [2.24, 2.45) is 5.92 Å². The summed E-state index contributed by atoms with van der Waals surface area (Å²) >= 11 is 0. The molecule has 0 bridgehead atoms. The van der Waals surface area contributed by atoms with Crippen LogP contribution >= 0.6 is 0 Å². The van der Waals surface area contributed by atoms with Crippen molar-refractivity contribution in [3.05, 3.63) is 29.6 Å². The van der Waals surface area contributed by atoms with Crippen molar-refractivity contribution in [2.75, 3.05) is 5.73 Å². The van der Waals surface area contributed by atoms with Gasteiger partial charge in [0.15, 0.2) is 5.82 Å². The monoisotopic (exact) mass is 283 g/mol. The van der Waals surface area contributed by atoms with Crippen molar-refractivity contribution in [1.82, 2.24) is 10.1 Å². The number of aromatic nitrogens is 2. The average molecular weight is 283 g/mol. The molecule has 3 rings (SSSR count). The topological polar surface area (TPSA) is 64.9 Å². The Morgan fingerprint density at radius 2 is 2.05 bits per heavy atom. The van der Waals surface area contributed by atoms with Gasteiger partial charge in [-0.15, -0.1) is 0 Å². The zero-order chi connectivity index (χ0) is 14.5. The number of benzene rings is 1. The molecule has 0 saturated heterocycles. The molecule has 7 heteroatoms. The maximum Gasteiger partial charge on any atom is 0.416 e. The minimum Gasteiger partial charge on any atom is -0.398 e. The van der Waals surface area contributed by atoms with E-state index in [4.69, 9.17) is 10.3 Å². The highest BCUT2D eigenvalue weighted by molar-refractivity contribution is 5.71. The van der Waals surface area contributed by atoms with Crippen molar-refractivity contribution < 1.29 is 17.7 Å². The fourth-order valence-electron chi connectivity index (χ4n) is 2.11. The van der Waals surface area contributed by atoms with E-state index in [9.17, 15) is 13.2 Å². The van der Waals surface area contributed by atoms with Crippen LogP contribution in [-0.2, 0) is 6.18 Å². The fraction of sp³-hybridized carbons (Fsp3) is 0.385. The first-order valence-electron chi connectivity index (χ1n) is 6.17. The number of anilines is 1. The molecule has 0 radical (unpaired) electrons. The Kier molecular flexibility index (Phi) is 2.74. The van der Waals surface area contributed by atoms with Crippen LogP contribution in [0.1, 0.15) is 30.7 Å². The molecule has 2 N–H and O–H groups in total. The van der Waals surface area contributed by atoms with E-state index < -0.39 is 11.7 Å². The SMILES string of the molecule is CC1CC1c1noc(-c2ccc(C(F)(F)F)cc2N)n1. The number of alkyl halides is 3. The predicted octanol–water partition coefficient (Wildman–Crippen LogP) is 3.46. The van der Waals surface area contributed by atoms with Crippen molar-refractivity contribution in [3.63, 3.8) is 0 Å². The van der Waals surface area contributed by atoms with Crippen LogP contribution in [0, 0.1) is 5.92 Å². The Hall–Kier alpha value is -2.05. The van der Waals surface area contributed by atoms with Gasteiger partial charge in [0, 0.05) is 11.6 Å². The van der Waals surface area contributed by atoms with E-state index in [1.807, 2.05) is 0 Å². The summed E-state index contributed by atoms with van der Waals surface area (Å²) in [6.45, 7) is 2.08. The maximum absolute atomic E-state index is 12.6. The molecule has 2 unspecified atom stereocenters. The molecule has 2 atom stereocenters. The molecule has 4 nitrogen and oxygen atoms in total. The van der Waals surface area contributed by atoms with Gasteiger partial charge >= 0.3 is 6.18 Å².